The van der Waals surface area contributed by atoms with Crippen LogP contribution in [0.3, 0.4) is 0 Å². The second kappa shape index (κ2) is 10.8. The highest BCUT2D eigenvalue weighted by Crippen LogP contribution is 2.25. The molecule has 6 nitrogen and oxygen atoms in total. The van der Waals surface area contributed by atoms with Crippen LogP contribution < -0.4 is 15.5 Å². The number of likely N-dealkylation sites (N-methyl/N-ethyl adjacent to an activating group) is 1. The van der Waals surface area contributed by atoms with Gasteiger partial charge in [-0.25, -0.2) is 4.98 Å². The molecule has 23 heavy (non-hydrogen) atoms. The van der Waals surface area contributed by atoms with Crippen LogP contribution in [0, 0.1) is 0 Å². The molecule has 0 bridgehead atoms. The minimum absolute atomic E-state index is 0. The Morgan fingerprint density at radius 3 is 2.83 bits per heavy atom. The van der Waals surface area contributed by atoms with Crippen LogP contribution in [-0.4, -0.2) is 42.5 Å². The van der Waals surface area contributed by atoms with Crippen molar-refractivity contribution in [1.82, 2.24) is 15.6 Å². The average molecular weight is 383 g/mol. The van der Waals surface area contributed by atoms with Crippen molar-refractivity contribution in [3.8, 4) is 0 Å². The second-order valence-electron chi connectivity index (χ2n) is 5.21. The molecule has 132 valence electrons. The van der Waals surface area contributed by atoms with Gasteiger partial charge in [0, 0.05) is 30.9 Å². The van der Waals surface area contributed by atoms with Crippen molar-refractivity contribution in [1.29, 1.82) is 0 Å². The first kappa shape index (κ1) is 22.1. The monoisotopic (exact) mass is 382 g/mol. The second-order valence-corrected chi connectivity index (χ2v) is 6.05. The normalized spacial score (nSPS) is 14.9. The Hall–Kier alpha value is -0.890. The van der Waals surface area contributed by atoms with E-state index in [9.17, 15) is 9.59 Å². The van der Waals surface area contributed by atoms with Crippen molar-refractivity contribution in [2.45, 2.75) is 39.2 Å². The van der Waals surface area contributed by atoms with Gasteiger partial charge in [-0.3, -0.25) is 14.5 Å². The van der Waals surface area contributed by atoms with E-state index in [0.29, 0.717) is 18.1 Å². The summed E-state index contributed by atoms with van der Waals surface area (Å²) < 4.78 is 0. The van der Waals surface area contributed by atoms with E-state index >= 15 is 0 Å². The van der Waals surface area contributed by atoms with Gasteiger partial charge in [-0.2, -0.15) is 0 Å². The third kappa shape index (κ3) is 6.63. The van der Waals surface area contributed by atoms with Crippen LogP contribution in [0.25, 0.3) is 0 Å². The van der Waals surface area contributed by atoms with Crippen molar-refractivity contribution in [2.75, 3.05) is 24.5 Å². The lowest BCUT2D eigenvalue weighted by Gasteiger charge is -2.12. The van der Waals surface area contributed by atoms with Gasteiger partial charge in [0.1, 0.15) is 0 Å². The molecule has 1 aliphatic rings. The summed E-state index contributed by atoms with van der Waals surface area (Å²) in [5.74, 6) is 0.0872. The van der Waals surface area contributed by atoms with Crippen molar-refractivity contribution in [3.63, 3.8) is 0 Å². The van der Waals surface area contributed by atoms with Gasteiger partial charge in [-0.1, -0.05) is 6.92 Å². The largest absolute Gasteiger partial charge is 0.354 e. The maximum absolute atomic E-state index is 11.9. The highest BCUT2D eigenvalue weighted by molar-refractivity contribution is 7.14. The number of halogens is 2. The van der Waals surface area contributed by atoms with Crippen LogP contribution in [0.15, 0.2) is 5.38 Å². The summed E-state index contributed by atoms with van der Waals surface area (Å²) in [7, 11) is 0. The lowest BCUT2D eigenvalue weighted by atomic mass is 10.3. The molecule has 1 aromatic heterocycles. The standard InChI is InChI=1S/C14H22N4O2S.2ClH/c1-3-15-10(2)8-16-12(19)7-11-9-21-14(17-11)18-6-4-5-13(18)20;;/h9-10,15H,3-8H2,1-2H3,(H,16,19);2*1H/t10-;;/m1../s1. The van der Waals surface area contributed by atoms with Crippen molar-refractivity contribution < 1.29 is 9.59 Å². The molecular formula is C14H24Cl2N4O2S. The van der Waals surface area contributed by atoms with Gasteiger partial charge >= 0.3 is 0 Å². The third-order valence-electron chi connectivity index (χ3n) is 3.34. The number of aromatic nitrogens is 1. The van der Waals surface area contributed by atoms with E-state index in [-0.39, 0.29) is 49.1 Å². The summed E-state index contributed by atoms with van der Waals surface area (Å²) in [5, 5.41) is 8.69. The van der Waals surface area contributed by atoms with Crippen molar-refractivity contribution in [3.05, 3.63) is 11.1 Å². The summed E-state index contributed by atoms with van der Waals surface area (Å²) in [6.07, 6.45) is 1.74. The lowest BCUT2D eigenvalue weighted by molar-refractivity contribution is -0.120. The molecular weight excluding hydrogens is 359 g/mol. The van der Waals surface area contributed by atoms with E-state index in [0.717, 1.165) is 25.2 Å². The van der Waals surface area contributed by atoms with Crippen LogP contribution in [0.2, 0.25) is 0 Å². The maximum Gasteiger partial charge on any atom is 0.228 e. The fourth-order valence-corrected chi connectivity index (χ4v) is 3.13. The number of nitrogens with one attached hydrogen (secondary N) is 2. The summed E-state index contributed by atoms with van der Waals surface area (Å²) in [5.41, 5.74) is 0.725. The molecule has 1 aromatic rings. The zero-order chi connectivity index (χ0) is 15.2. The van der Waals surface area contributed by atoms with Crippen LogP contribution in [-0.2, 0) is 16.0 Å². The highest BCUT2D eigenvalue weighted by atomic mass is 35.5. The number of thiazole rings is 1. The van der Waals surface area contributed by atoms with Crippen LogP contribution in [0.5, 0.6) is 0 Å². The average Bonchev–Trinajstić information content (AvgIpc) is 3.05. The molecule has 2 rings (SSSR count). The quantitative estimate of drug-likeness (QED) is 0.753. The predicted octanol–water partition coefficient (Wildman–Crippen LogP) is 1.77. The molecule has 2 amide bonds. The highest BCUT2D eigenvalue weighted by Gasteiger charge is 2.24. The molecule has 2 N–H and O–H groups in total. The molecule has 1 atom stereocenters. The number of carbonyl (C=O) groups is 2. The van der Waals surface area contributed by atoms with Crippen LogP contribution in [0.4, 0.5) is 5.13 Å². The zero-order valence-electron chi connectivity index (χ0n) is 13.3. The molecule has 1 aliphatic heterocycles. The van der Waals surface area contributed by atoms with E-state index in [2.05, 4.69) is 15.6 Å². The summed E-state index contributed by atoms with van der Waals surface area (Å²) in [6, 6.07) is 0.257. The maximum atomic E-state index is 11.9. The smallest absolute Gasteiger partial charge is 0.228 e. The van der Waals surface area contributed by atoms with Crippen LogP contribution >= 0.6 is 36.2 Å². The van der Waals surface area contributed by atoms with Gasteiger partial charge < -0.3 is 10.6 Å². The first-order chi connectivity index (χ1) is 10.1. The van der Waals surface area contributed by atoms with Gasteiger partial charge in [-0.05, 0) is 19.9 Å². The Balaban J connectivity index is 0.00000242. The molecule has 2 heterocycles. The number of anilines is 1. The van der Waals surface area contributed by atoms with E-state index in [1.807, 2.05) is 19.2 Å². The molecule has 1 saturated heterocycles. The van der Waals surface area contributed by atoms with E-state index in [1.54, 1.807) is 4.90 Å². The Labute approximate surface area is 153 Å². The number of hydrogen-bond acceptors (Lipinski definition) is 5. The van der Waals surface area contributed by atoms with Gasteiger partial charge in [0.2, 0.25) is 11.8 Å². The fourth-order valence-electron chi connectivity index (χ4n) is 2.27. The Morgan fingerprint density at radius 1 is 1.48 bits per heavy atom. The van der Waals surface area contributed by atoms with Gasteiger partial charge in [-0.15, -0.1) is 36.2 Å². The van der Waals surface area contributed by atoms with Crippen LogP contribution in [0.1, 0.15) is 32.4 Å². The number of amides is 2. The Morgan fingerprint density at radius 2 is 2.22 bits per heavy atom. The Kier molecular flexibility index (Phi) is 10.4. The van der Waals surface area contributed by atoms with E-state index in [1.165, 1.54) is 11.3 Å². The first-order valence-corrected chi connectivity index (χ1v) is 8.23. The lowest BCUT2D eigenvalue weighted by Crippen LogP contribution is -2.39. The predicted molar refractivity (Wildman–Crippen MR) is 98.0 cm³/mol. The zero-order valence-corrected chi connectivity index (χ0v) is 15.8. The molecule has 0 spiro atoms. The van der Waals surface area contributed by atoms with Crippen molar-refractivity contribution >= 4 is 53.1 Å². The van der Waals surface area contributed by atoms with E-state index < -0.39 is 0 Å². The van der Waals surface area contributed by atoms with Gasteiger partial charge in [0.25, 0.3) is 0 Å². The molecule has 0 aliphatic carbocycles. The number of rotatable bonds is 7. The molecule has 0 saturated carbocycles. The summed E-state index contributed by atoms with van der Waals surface area (Å²) in [6.45, 7) is 6.29. The van der Waals surface area contributed by atoms with Gasteiger partial charge in [0.05, 0.1) is 12.1 Å². The molecule has 0 radical (unpaired) electrons. The first-order valence-electron chi connectivity index (χ1n) is 7.35. The minimum Gasteiger partial charge on any atom is -0.354 e. The van der Waals surface area contributed by atoms with Crippen molar-refractivity contribution in [2.24, 2.45) is 0 Å². The van der Waals surface area contributed by atoms with E-state index in [4.69, 9.17) is 0 Å². The molecule has 0 aromatic carbocycles. The van der Waals surface area contributed by atoms with Gasteiger partial charge in [0.15, 0.2) is 5.13 Å². The third-order valence-corrected chi connectivity index (χ3v) is 4.26. The number of nitrogens with zero attached hydrogens (tertiary/aromatic N) is 2. The topological polar surface area (TPSA) is 74.3 Å². The minimum atomic E-state index is -0.0376. The summed E-state index contributed by atoms with van der Waals surface area (Å²) in [4.78, 5) is 29.6. The molecule has 1 fully saturated rings. The fraction of sp³-hybridized carbons (Fsp3) is 0.643. The summed E-state index contributed by atoms with van der Waals surface area (Å²) >= 11 is 1.43. The SMILES string of the molecule is CCN[C@H](C)CNC(=O)Cc1csc(N2CCCC2=O)n1.Cl.Cl. The molecule has 0 unspecified atom stereocenters. The number of carbonyl (C=O) groups excluding carboxylic acids is 2. The molecule has 9 heteroatoms. The Bertz CT molecular complexity index is 513. The number of hydrogen-bond donors (Lipinski definition) is 2.